The number of ether oxygens (including phenoxy) is 1. The van der Waals surface area contributed by atoms with Crippen LogP contribution in [0.1, 0.15) is 20.8 Å². The summed E-state index contributed by atoms with van der Waals surface area (Å²) in [5.41, 5.74) is 5.29. The molecule has 0 aliphatic rings. The monoisotopic (exact) mass is 258 g/mol. The van der Waals surface area contributed by atoms with Crippen molar-refractivity contribution < 1.29 is 19.4 Å². The number of carboxylic acid groups (broad SMARTS) is 1. The highest BCUT2D eigenvalue weighted by Crippen LogP contribution is 2.22. The third-order valence-electron chi connectivity index (χ3n) is 2.30. The van der Waals surface area contributed by atoms with E-state index in [4.69, 9.17) is 15.6 Å². The number of nitrogens with zero attached hydrogens (tertiary/aromatic N) is 1. The van der Waals surface area contributed by atoms with Crippen molar-refractivity contribution in [2.75, 3.05) is 0 Å². The molecule has 0 aliphatic heterocycles. The summed E-state index contributed by atoms with van der Waals surface area (Å²) in [7, 11) is 0. The fourth-order valence-electron chi connectivity index (χ4n) is 1.44. The van der Waals surface area contributed by atoms with Crippen molar-refractivity contribution in [1.29, 1.82) is 0 Å². The summed E-state index contributed by atoms with van der Waals surface area (Å²) in [5.74, 6) is -1.00. The smallest absolute Gasteiger partial charge is 0.335 e. The number of carbonyl (C=O) groups excluding carboxylic acids is 1. The molecule has 0 spiro atoms. The van der Waals surface area contributed by atoms with E-state index in [0.717, 1.165) is 0 Å². The summed E-state index contributed by atoms with van der Waals surface area (Å²) in [6.45, 7) is 0. The summed E-state index contributed by atoms with van der Waals surface area (Å²) in [5, 5.41) is 8.87. The number of hydrogen-bond acceptors (Lipinski definition) is 4. The normalized spacial score (nSPS) is 9.89. The topological polar surface area (TPSA) is 103 Å². The van der Waals surface area contributed by atoms with Gasteiger partial charge in [-0.2, -0.15) is 0 Å². The standard InChI is InChI=1S/C13H10N2O4/c14-12(16)11-7-10(4-5-15-11)19-9-3-1-2-8(6-9)13(17)18/h1-7H,(H2,14,16)(H,17,18). The van der Waals surface area contributed by atoms with Gasteiger partial charge in [0.05, 0.1) is 5.56 Å². The number of carboxylic acids is 1. The van der Waals surface area contributed by atoms with E-state index in [1.165, 1.54) is 24.4 Å². The lowest BCUT2D eigenvalue weighted by molar-refractivity contribution is 0.0696. The minimum absolute atomic E-state index is 0.0758. The molecule has 6 heteroatoms. The Morgan fingerprint density at radius 2 is 1.89 bits per heavy atom. The fourth-order valence-corrected chi connectivity index (χ4v) is 1.44. The van der Waals surface area contributed by atoms with Crippen LogP contribution in [0.4, 0.5) is 0 Å². The molecule has 0 bridgehead atoms. The van der Waals surface area contributed by atoms with Crippen LogP contribution >= 0.6 is 0 Å². The first-order chi connectivity index (χ1) is 9.06. The zero-order valence-corrected chi connectivity index (χ0v) is 9.74. The first-order valence-corrected chi connectivity index (χ1v) is 5.33. The quantitative estimate of drug-likeness (QED) is 0.868. The van der Waals surface area contributed by atoms with Gasteiger partial charge in [0.1, 0.15) is 17.2 Å². The summed E-state index contributed by atoms with van der Waals surface area (Å²) >= 11 is 0. The van der Waals surface area contributed by atoms with Crippen LogP contribution in [0.25, 0.3) is 0 Å². The van der Waals surface area contributed by atoms with Crippen molar-refractivity contribution in [3.05, 3.63) is 53.9 Å². The third kappa shape index (κ3) is 3.06. The molecular formula is C13H10N2O4. The second-order valence-electron chi connectivity index (χ2n) is 3.68. The van der Waals surface area contributed by atoms with Gasteiger partial charge in [-0.05, 0) is 24.3 Å². The van der Waals surface area contributed by atoms with Crippen molar-refractivity contribution in [1.82, 2.24) is 4.98 Å². The minimum atomic E-state index is -1.04. The van der Waals surface area contributed by atoms with E-state index in [-0.39, 0.29) is 11.3 Å². The average molecular weight is 258 g/mol. The van der Waals surface area contributed by atoms with Crippen LogP contribution in [0.15, 0.2) is 42.6 Å². The molecule has 3 N–H and O–H groups in total. The Morgan fingerprint density at radius 3 is 2.58 bits per heavy atom. The van der Waals surface area contributed by atoms with Gasteiger partial charge in [-0.15, -0.1) is 0 Å². The zero-order chi connectivity index (χ0) is 13.8. The summed E-state index contributed by atoms with van der Waals surface area (Å²) < 4.78 is 5.45. The van der Waals surface area contributed by atoms with Gasteiger partial charge in [-0.1, -0.05) is 6.07 Å². The molecule has 0 saturated carbocycles. The molecule has 1 aromatic heterocycles. The van der Waals surface area contributed by atoms with Crippen LogP contribution in [0, 0.1) is 0 Å². The SMILES string of the molecule is NC(=O)c1cc(Oc2cccc(C(=O)O)c2)ccn1. The van der Waals surface area contributed by atoms with Crippen LogP contribution in [0.3, 0.4) is 0 Å². The lowest BCUT2D eigenvalue weighted by atomic mass is 10.2. The maximum atomic E-state index is 11.0. The minimum Gasteiger partial charge on any atom is -0.478 e. The van der Waals surface area contributed by atoms with E-state index >= 15 is 0 Å². The number of rotatable bonds is 4. The van der Waals surface area contributed by atoms with Gasteiger partial charge in [0.2, 0.25) is 0 Å². The zero-order valence-electron chi connectivity index (χ0n) is 9.74. The van der Waals surface area contributed by atoms with Gasteiger partial charge in [0.25, 0.3) is 5.91 Å². The molecule has 1 aromatic carbocycles. The van der Waals surface area contributed by atoms with Crippen LogP contribution in [-0.4, -0.2) is 22.0 Å². The number of nitrogens with two attached hydrogens (primary N) is 1. The number of benzene rings is 1. The maximum Gasteiger partial charge on any atom is 0.335 e. The number of hydrogen-bond donors (Lipinski definition) is 2. The second-order valence-corrected chi connectivity index (χ2v) is 3.68. The molecular weight excluding hydrogens is 248 g/mol. The first-order valence-electron chi connectivity index (χ1n) is 5.33. The number of primary amides is 1. The van der Waals surface area contributed by atoms with Gasteiger partial charge in [0, 0.05) is 12.3 Å². The molecule has 0 fully saturated rings. The van der Waals surface area contributed by atoms with Crippen molar-refractivity contribution in [3.8, 4) is 11.5 Å². The van der Waals surface area contributed by atoms with Gasteiger partial charge >= 0.3 is 5.97 Å². The molecule has 2 aromatic rings. The Bertz CT molecular complexity index is 585. The van der Waals surface area contributed by atoms with E-state index in [1.807, 2.05) is 0 Å². The molecule has 96 valence electrons. The number of amides is 1. The van der Waals surface area contributed by atoms with E-state index in [2.05, 4.69) is 4.98 Å². The van der Waals surface area contributed by atoms with Crippen molar-refractivity contribution in [3.63, 3.8) is 0 Å². The van der Waals surface area contributed by atoms with Crippen LogP contribution in [0.5, 0.6) is 11.5 Å². The molecule has 0 radical (unpaired) electrons. The summed E-state index contributed by atoms with van der Waals surface area (Å²) in [6, 6.07) is 8.94. The maximum absolute atomic E-state index is 11.0. The number of aromatic nitrogens is 1. The lowest BCUT2D eigenvalue weighted by Gasteiger charge is -2.06. The lowest BCUT2D eigenvalue weighted by Crippen LogP contribution is -2.12. The van der Waals surface area contributed by atoms with Crippen LogP contribution in [0.2, 0.25) is 0 Å². The highest BCUT2D eigenvalue weighted by atomic mass is 16.5. The van der Waals surface area contributed by atoms with E-state index in [9.17, 15) is 9.59 Å². The Kier molecular flexibility index (Phi) is 3.42. The average Bonchev–Trinajstić information content (AvgIpc) is 2.39. The largest absolute Gasteiger partial charge is 0.478 e. The number of aromatic carboxylic acids is 1. The first kappa shape index (κ1) is 12.6. The van der Waals surface area contributed by atoms with E-state index < -0.39 is 11.9 Å². The van der Waals surface area contributed by atoms with Crippen LogP contribution < -0.4 is 10.5 Å². The number of carbonyl (C=O) groups is 2. The molecule has 1 heterocycles. The van der Waals surface area contributed by atoms with Gasteiger partial charge < -0.3 is 15.6 Å². The summed E-state index contributed by atoms with van der Waals surface area (Å²) in [6.07, 6.45) is 1.39. The highest BCUT2D eigenvalue weighted by Gasteiger charge is 2.07. The predicted molar refractivity (Wildman–Crippen MR) is 66.2 cm³/mol. The Balaban J connectivity index is 2.26. The van der Waals surface area contributed by atoms with Crippen molar-refractivity contribution >= 4 is 11.9 Å². The number of pyridine rings is 1. The van der Waals surface area contributed by atoms with Crippen molar-refractivity contribution in [2.24, 2.45) is 5.73 Å². The van der Waals surface area contributed by atoms with E-state index in [0.29, 0.717) is 11.5 Å². The molecule has 19 heavy (non-hydrogen) atoms. The molecule has 6 nitrogen and oxygen atoms in total. The highest BCUT2D eigenvalue weighted by molar-refractivity contribution is 5.91. The van der Waals surface area contributed by atoms with Gasteiger partial charge in [-0.3, -0.25) is 9.78 Å². The molecule has 0 aliphatic carbocycles. The third-order valence-corrected chi connectivity index (χ3v) is 2.30. The van der Waals surface area contributed by atoms with Crippen LogP contribution in [-0.2, 0) is 0 Å². The molecule has 0 saturated heterocycles. The molecule has 0 atom stereocenters. The molecule has 1 amide bonds. The Morgan fingerprint density at radius 1 is 1.16 bits per heavy atom. The Hall–Kier alpha value is -2.89. The molecule has 0 unspecified atom stereocenters. The van der Waals surface area contributed by atoms with Gasteiger partial charge in [-0.25, -0.2) is 4.79 Å². The Labute approximate surface area is 108 Å². The second kappa shape index (κ2) is 5.18. The molecule has 2 rings (SSSR count). The fraction of sp³-hybridized carbons (Fsp3) is 0. The van der Waals surface area contributed by atoms with Crippen molar-refractivity contribution in [2.45, 2.75) is 0 Å². The van der Waals surface area contributed by atoms with Gasteiger partial charge in [0.15, 0.2) is 0 Å². The summed E-state index contributed by atoms with van der Waals surface area (Å²) in [4.78, 5) is 25.6. The predicted octanol–water partition coefficient (Wildman–Crippen LogP) is 1.67. The van der Waals surface area contributed by atoms with E-state index in [1.54, 1.807) is 18.2 Å².